The third-order valence-electron chi connectivity index (χ3n) is 6.88. The Morgan fingerprint density at radius 3 is 2.76 bits per heavy atom. The summed E-state index contributed by atoms with van der Waals surface area (Å²) in [6.45, 7) is 6.56. The van der Waals surface area contributed by atoms with Gasteiger partial charge in [0.05, 0.1) is 36.1 Å². The summed E-state index contributed by atoms with van der Waals surface area (Å²) in [5, 5.41) is 8.74. The van der Waals surface area contributed by atoms with Crippen LogP contribution in [0.4, 0.5) is 5.69 Å². The number of carbonyl (C=O) groups is 1. The molecule has 1 spiro atoms. The number of fused-ring (bicyclic) bond motifs is 1. The van der Waals surface area contributed by atoms with Crippen molar-refractivity contribution in [1.29, 1.82) is 0 Å². The van der Waals surface area contributed by atoms with Crippen LogP contribution in [0, 0.1) is 11.3 Å². The molecule has 6 nitrogen and oxygen atoms in total. The molecule has 1 amide bonds. The number of amides is 1. The number of nitrogens with zero attached hydrogens (tertiary/aromatic N) is 3. The number of hydrogen-bond donors (Lipinski definition) is 1. The zero-order valence-electron chi connectivity index (χ0n) is 16.6. The zero-order chi connectivity index (χ0) is 20.2. The Bertz CT molecular complexity index is 1090. The largest absolute Gasteiger partial charge is 0.494 e. The van der Waals surface area contributed by atoms with Crippen LogP contribution in [-0.2, 0) is 0 Å². The first-order valence-electron chi connectivity index (χ1n) is 9.98. The number of thiazole rings is 1. The van der Waals surface area contributed by atoms with Crippen molar-refractivity contribution in [2.45, 2.75) is 38.6 Å². The van der Waals surface area contributed by atoms with Gasteiger partial charge in [0.1, 0.15) is 10.6 Å². The smallest absolute Gasteiger partial charge is 0.267 e. The Kier molecular flexibility index (Phi) is 4.24. The summed E-state index contributed by atoms with van der Waals surface area (Å²) in [5.74, 6) is 1.09. The summed E-state index contributed by atoms with van der Waals surface area (Å²) in [4.78, 5) is 17.0. The van der Waals surface area contributed by atoms with E-state index < -0.39 is 0 Å². The van der Waals surface area contributed by atoms with Gasteiger partial charge in [-0.1, -0.05) is 19.1 Å². The summed E-state index contributed by atoms with van der Waals surface area (Å²) in [6.07, 6.45) is 8.31. The van der Waals surface area contributed by atoms with Crippen LogP contribution in [-0.4, -0.2) is 27.8 Å². The SMILES string of the molecule is C=C1[C@H](C)C12CCC(n1cc3cc(NC(=O)c4cncs4)c(OC)cc3n1)CC2. The Hall–Kier alpha value is -2.67. The predicted molar refractivity (Wildman–Crippen MR) is 115 cm³/mol. The predicted octanol–water partition coefficient (Wildman–Crippen LogP) is 5.06. The number of ether oxygens (including phenoxy) is 1. The molecular formula is C22H24N4O2S. The molecule has 2 aliphatic rings. The number of anilines is 1. The summed E-state index contributed by atoms with van der Waals surface area (Å²) < 4.78 is 7.60. The van der Waals surface area contributed by atoms with Crippen LogP contribution in [0.3, 0.4) is 0 Å². The Morgan fingerprint density at radius 2 is 2.14 bits per heavy atom. The van der Waals surface area contributed by atoms with Crippen LogP contribution < -0.4 is 10.1 Å². The molecule has 7 heteroatoms. The second kappa shape index (κ2) is 6.69. The van der Waals surface area contributed by atoms with Crippen molar-refractivity contribution in [3.05, 3.63) is 47.1 Å². The molecule has 0 radical (unpaired) electrons. The van der Waals surface area contributed by atoms with E-state index in [4.69, 9.17) is 9.84 Å². The summed E-state index contributed by atoms with van der Waals surface area (Å²) in [5.41, 5.74) is 5.00. The lowest BCUT2D eigenvalue weighted by Gasteiger charge is -2.29. The zero-order valence-corrected chi connectivity index (χ0v) is 17.5. The average molecular weight is 409 g/mol. The number of aromatic nitrogens is 3. The van der Waals surface area contributed by atoms with Gasteiger partial charge in [-0.15, -0.1) is 11.3 Å². The minimum Gasteiger partial charge on any atom is -0.494 e. The summed E-state index contributed by atoms with van der Waals surface area (Å²) >= 11 is 1.31. The first-order valence-corrected chi connectivity index (χ1v) is 10.9. The lowest BCUT2D eigenvalue weighted by Crippen LogP contribution is -2.20. The van der Waals surface area contributed by atoms with Gasteiger partial charge in [-0.05, 0) is 43.1 Å². The molecule has 2 aliphatic carbocycles. The van der Waals surface area contributed by atoms with E-state index in [0.29, 0.717) is 33.7 Å². The molecule has 1 atom stereocenters. The quantitative estimate of drug-likeness (QED) is 0.613. The molecule has 2 saturated carbocycles. The van der Waals surface area contributed by atoms with Crippen molar-refractivity contribution in [3.63, 3.8) is 0 Å². The van der Waals surface area contributed by atoms with Gasteiger partial charge in [0, 0.05) is 17.6 Å². The number of nitrogens with one attached hydrogen (secondary N) is 1. The van der Waals surface area contributed by atoms with Crippen LogP contribution in [0.1, 0.15) is 48.3 Å². The maximum Gasteiger partial charge on any atom is 0.267 e. The van der Waals surface area contributed by atoms with Crippen molar-refractivity contribution in [2.24, 2.45) is 11.3 Å². The maximum atomic E-state index is 12.4. The lowest BCUT2D eigenvalue weighted by atomic mass is 9.81. The first kappa shape index (κ1) is 18.4. The number of methoxy groups -OCH3 is 1. The second-order valence-electron chi connectivity index (χ2n) is 8.17. The van der Waals surface area contributed by atoms with Crippen molar-refractivity contribution in [3.8, 4) is 5.75 Å². The van der Waals surface area contributed by atoms with E-state index >= 15 is 0 Å². The molecule has 0 saturated heterocycles. The molecule has 2 aromatic heterocycles. The Labute approximate surface area is 173 Å². The van der Waals surface area contributed by atoms with E-state index in [1.807, 2.05) is 12.1 Å². The van der Waals surface area contributed by atoms with E-state index in [-0.39, 0.29) is 5.91 Å². The standard InChI is InChI=1S/C22H24N4O2S/c1-13-14(2)22(13)6-4-16(5-7-22)26-11-15-8-18(19(28-3)9-17(15)25-26)24-21(27)20-10-23-12-29-20/h8-12,14,16H,1,4-7H2,2-3H3,(H,24,27)/t14-,16?,22?/m0/s1. The molecule has 29 heavy (non-hydrogen) atoms. The van der Waals surface area contributed by atoms with Gasteiger partial charge in [-0.3, -0.25) is 14.5 Å². The van der Waals surface area contributed by atoms with Gasteiger partial charge >= 0.3 is 0 Å². The van der Waals surface area contributed by atoms with Gasteiger partial charge in [0.2, 0.25) is 0 Å². The molecule has 5 rings (SSSR count). The molecular weight excluding hydrogens is 384 g/mol. The van der Waals surface area contributed by atoms with Gasteiger partial charge in [0.15, 0.2) is 0 Å². The van der Waals surface area contributed by atoms with Gasteiger partial charge in [0.25, 0.3) is 5.91 Å². The highest BCUT2D eigenvalue weighted by atomic mass is 32.1. The number of benzene rings is 1. The molecule has 2 fully saturated rings. The van der Waals surface area contributed by atoms with E-state index in [1.54, 1.807) is 18.8 Å². The van der Waals surface area contributed by atoms with Crippen LogP contribution >= 0.6 is 11.3 Å². The summed E-state index contributed by atoms with van der Waals surface area (Å²) in [6, 6.07) is 4.24. The fraction of sp³-hybridized carbons (Fsp3) is 0.409. The molecule has 0 bridgehead atoms. The monoisotopic (exact) mass is 408 g/mol. The third kappa shape index (κ3) is 2.95. The van der Waals surface area contributed by atoms with Gasteiger partial charge in [-0.25, -0.2) is 0 Å². The molecule has 1 aromatic carbocycles. The lowest BCUT2D eigenvalue weighted by molar-refractivity contribution is 0.103. The van der Waals surface area contributed by atoms with Crippen molar-refractivity contribution in [1.82, 2.24) is 14.8 Å². The fourth-order valence-electron chi connectivity index (χ4n) is 4.86. The highest BCUT2D eigenvalue weighted by molar-refractivity contribution is 7.11. The van der Waals surface area contributed by atoms with Crippen LogP contribution in [0.25, 0.3) is 10.9 Å². The van der Waals surface area contributed by atoms with E-state index in [2.05, 4.69) is 34.7 Å². The summed E-state index contributed by atoms with van der Waals surface area (Å²) in [7, 11) is 1.60. The topological polar surface area (TPSA) is 69.0 Å². The molecule has 0 aliphatic heterocycles. The van der Waals surface area contributed by atoms with Gasteiger partial charge in [-0.2, -0.15) is 5.10 Å². The van der Waals surface area contributed by atoms with Crippen LogP contribution in [0.5, 0.6) is 5.75 Å². The van der Waals surface area contributed by atoms with Crippen LogP contribution in [0.2, 0.25) is 0 Å². The molecule has 150 valence electrons. The second-order valence-corrected chi connectivity index (χ2v) is 9.06. The number of allylic oxidation sites excluding steroid dienone is 1. The van der Waals surface area contributed by atoms with E-state index in [1.165, 1.54) is 29.8 Å². The number of hydrogen-bond acceptors (Lipinski definition) is 5. The molecule has 0 unspecified atom stereocenters. The Balaban J connectivity index is 1.39. The number of carbonyl (C=O) groups excluding carboxylic acids is 1. The Morgan fingerprint density at radius 1 is 1.38 bits per heavy atom. The normalized spacial score (nSPS) is 26.1. The maximum absolute atomic E-state index is 12.4. The third-order valence-corrected chi connectivity index (χ3v) is 7.65. The highest BCUT2D eigenvalue weighted by Gasteiger charge is 2.56. The van der Waals surface area contributed by atoms with E-state index in [0.717, 1.165) is 23.7 Å². The van der Waals surface area contributed by atoms with Crippen LogP contribution in [0.15, 0.2) is 42.2 Å². The molecule has 3 aromatic rings. The van der Waals surface area contributed by atoms with Gasteiger partial charge < -0.3 is 10.1 Å². The average Bonchev–Trinajstić information content (AvgIpc) is 3.24. The minimum atomic E-state index is -0.186. The first-order chi connectivity index (χ1) is 14.0. The molecule has 2 heterocycles. The molecule has 1 N–H and O–H groups in total. The van der Waals surface area contributed by atoms with Crippen molar-refractivity contribution < 1.29 is 9.53 Å². The van der Waals surface area contributed by atoms with Crippen molar-refractivity contribution >= 4 is 33.8 Å². The minimum absolute atomic E-state index is 0.186. The number of rotatable bonds is 4. The highest BCUT2D eigenvalue weighted by Crippen LogP contribution is 2.65. The van der Waals surface area contributed by atoms with E-state index in [9.17, 15) is 4.79 Å². The fourth-order valence-corrected chi connectivity index (χ4v) is 5.38. The van der Waals surface area contributed by atoms with Crippen molar-refractivity contribution in [2.75, 3.05) is 12.4 Å².